The fourth-order valence-corrected chi connectivity index (χ4v) is 2.73. The Morgan fingerprint density at radius 1 is 1.30 bits per heavy atom. The number of benzene rings is 1. The largest absolute Gasteiger partial charge is 0.411 e. The lowest BCUT2D eigenvalue weighted by Gasteiger charge is -2.26. The van der Waals surface area contributed by atoms with Gasteiger partial charge in [0.2, 0.25) is 0 Å². The fourth-order valence-electron chi connectivity index (χ4n) is 2.73. The van der Waals surface area contributed by atoms with Crippen LogP contribution in [-0.2, 0) is 0 Å². The van der Waals surface area contributed by atoms with Crippen molar-refractivity contribution in [3.05, 3.63) is 47.5 Å². The van der Waals surface area contributed by atoms with Crippen molar-refractivity contribution >= 4 is 5.71 Å². The van der Waals surface area contributed by atoms with Crippen LogP contribution in [0, 0.1) is 0 Å². The summed E-state index contributed by atoms with van der Waals surface area (Å²) in [6.45, 7) is 5.65. The van der Waals surface area contributed by atoms with Crippen molar-refractivity contribution in [3.8, 4) is 0 Å². The highest BCUT2D eigenvalue weighted by Crippen LogP contribution is 2.17. The molecular formula is C17H24N2O. The molecule has 0 radical (unpaired) electrons. The molecule has 0 spiro atoms. The standard InChI is InChI=1S/C17H24N2O/c1-2-12-19-13-6-7-15(14-19)10-11-17(18-20)16-8-4-3-5-9-16/h3-5,7-9,20H,2,6,10-14H2,1H3/b18-17-. The van der Waals surface area contributed by atoms with Gasteiger partial charge in [0.05, 0.1) is 5.71 Å². The van der Waals surface area contributed by atoms with E-state index in [1.165, 1.54) is 25.1 Å². The molecule has 1 N–H and O–H groups in total. The lowest BCUT2D eigenvalue weighted by molar-refractivity contribution is 0.287. The number of nitrogens with zero attached hydrogens (tertiary/aromatic N) is 2. The highest BCUT2D eigenvalue weighted by molar-refractivity contribution is 6.00. The van der Waals surface area contributed by atoms with Crippen molar-refractivity contribution in [2.45, 2.75) is 32.6 Å². The van der Waals surface area contributed by atoms with Gasteiger partial charge in [-0.15, -0.1) is 0 Å². The van der Waals surface area contributed by atoms with Gasteiger partial charge in [0.1, 0.15) is 0 Å². The Balaban J connectivity index is 1.89. The van der Waals surface area contributed by atoms with Crippen molar-refractivity contribution in [2.24, 2.45) is 5.16 Å². The summed E-state index contributed by atoms with van der Waals surface area (Å²) in [4.78, 5) is 2.51. The monoisotopic (exact) mass is 272 g/mol. The van der Waals surface area contributed by atoms with Gasteiger partial charge in [-0.2, -0.15) is 0 Å². The lowest BCUT2D eigenvalue weighted by atomic mass is 9.99. The summed E-state index contributed by atoms with van der Waals surface area (Å²) in [5, 5.41) is 12.7. The predicted octanol–water partition coefficient (Wildman–Crippen LogP) is 3.69. The maximum atomic E-state index is 9.20. The van der Waals surface area contributed by atoms with Crippen LogP contribution in [0.4, 0.5) is 0 Å². The van der Waals surface area contributed by atoms with Gasteiger partial charge in [0.25, 0.3) is 0 Å². The number of hydrogen-bond acceptors (Lipinski definition) is 3. The second kappa shape index (κ2) is 7.85. The average Bonchev–Trinajstić information content (AvgIpc) is 2.50. The molecule has 0 unspecified atom stereocenters. The van der Waals surface area contributed by atoms with Crippen LogP contribution in [-0.4, -0.2) is 35.5 Å². The number of hydrogen-bond donors (Lipinski definition) is 1. The van der Waals surface area contributed by atoms with Crippen LogP contribution < -0.4 is 0 Å². The highest BCUT2D eigenvalue weighted by Gasteiger charge is 2.13. The van der Waals surface area contributed by atoms with Gasteiger partial charge in [-0.3, -0.25) is 4.90 Å². The quantitative estimate of drug-likeness (QED) is 0.371. The Hall–Kier alpha value is -1.61. The summed E-state index contributed by atoms with van der Waals surface area (Å²) in [5.41, 5.74) is 3.26. The molecular weight excluding hydrogens is 248 g/mol. The van der Waals surface area contributed by atoms with Crippen LogP contribution >= 0.6 is 0 Å². The molecule has 1 aliphatic heterocycles. The Bertz CT molecular complexity index is 465. The average molecular weight is 272 g/mol. The minimum atomic E-state index is 0.777. The molecule has 1 heterocycles. The van der Waals surface area contributed by atoms with E-state index in [4.69, 9.17) is 0 Å². The molecule has 0 aliphatic carbocycles. The second-order valence-corrected chi connectivity index (χ2v) is 5.34. The first kappa shape index (κ1) is 14.8. The van der Waals surface area contributed by atoms with Gasteiger partial charge < -0.3 is 5.21 Å². The molecule has 1 aromatic carbocycles. The van der Waals surface area contributed by atoms with Crippen LogP contribution in [0.25, 0.3) is 0 Å². The normalized spacial score (nSPS) is 17.1. The van der Waals surface area contributed by atoms with Crippen LogP contribution in [0.2, 0.25) is 0 Å². The third-order valence-corrected chi connectivity index (χ3v) is 3.76. The molecule has 0 amide bonds. The van der Waals surface area contributed by atoms with Crippen molar-refractivity contribution in [2.75, 3.05) is 19.6 Å². The van der Waals surface area contributed by atoms with Gasteiger partial charge in [0, 0.05) is 13.1 Å². The van der Waals surface area contributed by atoms with Gasteiger partial charge >= 0.3 is 0 Å². The Labute approximate surface area is 121 Å². The van der Waals surface area contributed by atoms with Crippen LogP contribution in [0.1, 0.15) is 38.2 Å². The minimum Gasteiger partial charge on any atom is -0.411 e. The van der Waals surface area contributed by atoms with E-state index in [0.29, 0.717) is 0 Å². The molecule has 3 heteroatoms. The zero-order valence-corrected chi connectivity index (χ0v) is 12.3. The molecule has 0 aromatic heterocycles. The molecule has 0 saturated heterocycles. The minimum absolute atomic E-state index is 0.777. The topological polar surface area (TPSA) is 35.8 Å². The Morgan fingerprint density at radius 2 is 2.10 bits per heavy atom. The highest BCUT2D eigenvalue weighted by atomic mass is 16.4. The second-order valence-electron chi connectivity index (χ2n) is 5.34. The Morgan fingerprint density at radius 3 is 2.80 bits per heavy atom. The first-order valence-electron chi connectivity index (χ1n) is 7.50. The molecule has 0 atom stereocenters. The molecule has 108 valence electrons. The summed E-state index contributed by atoms with van der Waals surface area (Å²) < 4.78 is 0. The van der Waals surface area contributed by atoms with Crippen LogP contribution in [0.5, 0.6) is 0 Å². The molecule has 0 saturated carbocycles. The molecule has 20 heavy (non-hydrogen) atoms. The van der Waals surface area contributed by atoms with Gasteiger partial charge in [0.15, 0.2) is 0 Å². The van der Waals surface area contributed by atoms with Crippen LogP contribution in [0.3, 0.4) is 0 Å². The molecule has 3 nitrogen and oxygen atoms in total. The first-order valence-corrected chi connectivity index (χ1v) is 7.50. The zero-order valence-electron chi connectivity index (χ0n) is 12.3. The summed E-state index contributed by atoms with van der Waals surface area (Å²) in [6, 6.07) is 9.92. The molecule has 1 aromatic rings. The smallest absolute Gasteiger partial charge is 0.0870 e. The Kier molecular flexibility index (Phi) is 5.81. The maximum Gasteiger partial charge on any atom is 0.0870 e. The first-order chi connectivity index (χ1) is 9.83. The summed E-state index contributed by atoms with van der Waals surface area (Å²) >= 11 is 0. The van der Waals surface area contributed by atoms with E-state index < -0.39 is 0 Å². The fraction of sp³-hybridized carbons (Fsp3) is 0.471. The van der Waals surface area contributed by atoms with E-state index in [1.54, 1.807) is 0 Å². The third-order valence-electron chi connectivity index (χ3n) is 3.76. The molecule has 1 aliphatic rings. The van der Waals surface area contributed by atoms with E-state index in [-0.39, 0.29) is 0 Å². The maximum absolute atomic E-state index is 9.20. The lowest BCUT2D eigenvalue weighted by Crippen LogP contribution is -2.30. The third kappa shape index (κ3) is 4.20. The van der Waals surface area contributed by atoms with E-state index in [0.717, 1.165) is 37.1 Å². The number of rotatable bonds is 6. The van der Waals surface area contributed by atoms with Crippen molar-refractivity contribution in [3.63, 3.8) is 0 Å². The number of oxime groups is 1. The van der Waals surface area contributed by atoms with E-state index in [2.05, 4.69) is 23.1 Å². The van der Waals surface area contributed by atoms with Crippen LogP contribution in [0.15, 0.2) is 47.1 Å². The molecule has 2 rings (SSSR count). The summed E-state index contributed by atoms with van der Waals surface area (Å²) in [6.07, 6.45) is 6.49. The van der Waals surface area contributed by atoms with Crippen molar-refractivity contribution in [1.29, 1.82) is 0 Å². The van der Waals surface area contributed by atoms with E-state index >= 15 is 0 Å². The summed E-state index contributed by atoms with van der Waals surface area (Å²) in [5.74, 6) is 0. The van der Waals surface area contributed by atoms with Crippen molar-refractivity contribution < 1.29 is 5.21 Å². The summed E-state index contributed by atoms with van der Waals surface area (Å²) in [7, 11) is 0. The zero-order chi connectivity index (χ0) is 14.2. The van der Waals surface area contributed by atoms with Gasteiger partial charge in [-0.25, -0.2) is 0 Å². The SMILES string of the molecule is CCCN1CCC=C(CC/C(=N/O)c2ccccc2)C1. The molecule has 0 fully saturated rings. The van der Waals surface area contributed by atoms with Gasteiger partial charge in [-0.05, 0) is 37.8 Å². The van der Waals surface area contributed by atoms with Gasteiger partial charge in [-0.1, -0.05) is 54.1 Å². The van der Waals surface area contributed by atoms with Crippen molar-refractivity contribution in [1.82, 2.24) is 4.90 Å². The van der Waals surface area contributed by atoms with E-state index in [1.807, 2.05) is 30.3 Å². The van der Waals surface area contributed by atoms with E-state index in [9.17, 15) is 5.21 Å². The predicted molar refractivity (Wildman–Crippen MR) is 83.4 cm³/mol. The molecule has 0 bridgehead atoms.